The van der Waals surface area contributed by atoms with Crippen LogP contribution in [0.3, 0.4) is 0 Å². The molecular weight excluding hydrogens is 563 g/mol. The van der Waals surface area contributed by atoms with Gasteiger partial charge in [-0.25, -0.2) is 26.9 Å². The fourth-order valence-electron chi connectivity index (χ4n) is 7.28. The molecule has 42 heavy (non-hydrogen) atoms. The topological polar surface area (TPSA) is 119 Å². The summed E-state index contributed by atoms with van der Waals surface area (Å²) >= 11 is 0. The number of esters is 1. The van der Waals surface area contributed by atoms with Crippen LogP contribution in [0.1, 0.15) is 77.6 Å². The summed E-state index contributed by atoms with van der Waals surface area (Å²) in [4.78, 5) is 45.0. The van der Waals surface area contributed by atoms with Crippen molar-refractivity contribution in [1.82, 2.24) is 13.9 Å². The average molecular weight is 605 g/mol. The number of anilines is 1. The predicted octanol–water partition coefficient (Wildman–Crippen LogP) is 3.70. The number of halogens is 1. The molecule has 2 saturated carbocycles. The van der Waals surface area contributed by atoms with Gasteiger partial charge in [0.25, 0.3) is 0 Å². The van der Waals surface area contributed by atoms with E-state index in [1.165, 1.54) is 17.5 Å². The van der Waals surface area contributed by atoms with Crippen molar-refractivity contribution in [3.8, 4) is 0 Å². The highest BCUT2D eigenvalue weighted by atomic mass is 32.2. The van der Waals surface area contributed by atoms with Crippen molar-refractivity contribution in [3.05, 3.63) is 33.9 Å². The van der Waals surface area contributed by atoms with E-state index in [9.17, 15) is 22.8 Å². The normalized spacial score (nSPS) is 25.6. The number of Topliss-reactive ketones (excluding diaryl/α,β-unsaturated/α-hetero) is 1. The number of ketones is 1. The largest absolute Gasteiger partial charge is 0.462 e. The smallest absolute Gasteiger partial charge is 0.343 e. The fourth-order valence-corrected chi connectivity index (χ4v) is 9.41. The molecule has 2 bridgehead atoms. The summed E-state index contributed by atoms with van der Waals surface area (Å²) < 4.78 is 51.0. The monoisotopic (exact) mass is 604 g/mol. The summed E-state index contributed by atoms with van der Waals surface area (Å²) in [5, 5.41) is -0.0369. The van der Waals surface area contributed by atoms with Crippen LogP contribution in [0.2, 0.25) is 0 Å². The highest BCUT2D eigenvalue weighted by Crippen LogP contribution is 2.64. The van der Waals surface area contributed by atoms with Gasteiger partial charge in [0.1, 0.15) is 17.0 Å². The molecule has 3 fully saturated rings. The zero-order valence-electron chi connectivity index (χ0n) is 25.5. The van der Waals surface area contributed by atoms with Gasteiger partial charge in [-0.2, -0.15) is 0 Å². The van der Waals surface area contributed by atoms with Gasteiger partial charge in [-0.1, -0.05) is 13.8 Å². The number of pyridine rings is 2. The zero-order valence-corrected chi connectivity index (χ0v) is 26.3. The molecule has 230 valence electrons. The van der Waals surface area contributed by atoms with Crippen LogP contribution in [-0.4, -0.2) is 72.6 Å². The SMILES string of the molecule is CCOC(=O)c1cn(C(C)(C)C)c2nc(N3CC[C@@H](N(C)S(=O)(=O)C[C@@]45CC[C@@H](CC4=O)C5(C)C)C3)c(F)cc2c1=O. The van der Waals surface area contributed by atoms with E-state index in [1.54, 1.807) is 16.4 Å². The van der Waals surface area contributed by atoms with E-state index in [4.69, 9.17) is 4.74 Å². The van der Waals surface area contributed by atoms with Crippen molar-refractivity contribution >= 4 is 38.6 Å². The molecule has 0 amide bonds. The van der Waals surface area contributed by atoms with Crippen LogP contribution in [0.25, 0.3) is 11.0 Å². The Morgan fingerprint density at radius 1 is 1.24 bits per heavy atom. The van der Waals surface area contributed by atoms with E-state index >= 15 is 4.39 Å². The molecule has 0 N–H and O–H groups in total. The standard InChI is InChI=1S/C30H41FN4O6S/c1-8-41-27(38)21-16-35(28(2,3)4)25-20(24(21)37)14-22(31)26(32-25)34-12-10-19(15-34)33(7)42(39,40)17-30-11-9-18(13-23(30)36)29(30,5)6/h14,16,18-19H,8-13,15,17H2,1-7H3/t18-,19+,30-/m0/s1. The van der Waals surface area contributed by atoms with Crippen molar-refractivity contribution in [2.45, 2.75) is 78.8 Å². The van der Waals surface area contributed by atoms with Gasteiger partial charge < -0.3 is 14.2 Å². The second-order valence-electron chi connectivity index (χ2n) is 13.6. The van der Waals surface area contributed by atoms with Gasteiger partial charge in [0.05, 0.1) is 17.7 Å². The Bertz CT molecular complexity index is 1630. The third-order valence-corrected chi connectivity index (χ3v) is 12.1. The molecule has 5 rings (SSSR count). The van der Waals surface area contributed by atoms with Gasteiger partial charge in [0.15, 0.2) is 11.6 Å². The number of carbonyl (C=O) groups excluding carboxylic acids is 2. The van der Waals surface area contributed by atoms with Gasteiger partial charge in [0.2, 0.25) is 15.5 Å². The van der Waals surface area contributed by atoms with Crippen LogP contribution in [0.5, 0.6) is 0 Å². The van der Waals surface area contributed by atoms with Gasteiger partial charge in [-0.15, -0.1) is 0 Å². The van der Waals surface area contributed by atoms with E-state index < -0.39 is 44.2 Å². The number of nitrogens with zero attached hydrogens (tertiary/aromatic N) is 4. The number of aromatic nitrogens is 2. The van der Waals surface area contributed by atoms with Gasteiger partial charge >= 0.3 is 5.97 Å². The third kappa shape index (κ3) is 4.65. The molecule has 0 radical (unpaired) electrons. The second kappa shape index (κ2) is 10.1. The Kier molecular flexibility index (Phi) is 7.36. The summed E-state index contributed by atoms with van der Waals surface area (Å²) in [7, 11) is -2.25. The number of sulfonamides is 1. The number of hydrogen-bond acceptors (Lipinski definition) is 8. The first-order valence-corrected chi connectivity index (χ1v) is 16.2. The van der Waals surface area contributed by atoms with E-state index in [-0.39, 0.29) is 58.4 Å². The van der Waals surface area contributed by atoms with E-state index in [0.29, 0.717) is 25.8 Å². The van der Waals surface area contributed by atoms with Crippen LogP contribution in [-0.2, 0) is 25.1 Å². The van der Waals surface area contributed by atoms with Crippen molar-refractivity contribution in [2.24, 2.45) is 16.7 Å². The maximum atomic E-state index is 15.6. The predicted molar refractivity (Wildman–Crippen MR) is 158 cm³/mol. The average Bonchev–Trinajstić information content (AvgIpc) is 3.51. The van der Waals surface area contributed by atoms with Crippen molar-refractivity contribution < 1.29 is 27.1 Å². The molecule has 1 saturated heterocycles. The minimum absolute atomic E-state index is 0.0152. The molecular formula is C30H41FN4O6S. The number of rotatable bonds is 7. The summed E-state index contributed by atoms with van der Waals surface area (Å²) in [6, 6.07) is 0.665. The molecule has 2 aliphatic carbocycles. The van der Waals surface area contributed by atoms with Crippen LogP contribution in [0, 0.1) is 22.6 Å². The molecule has 1 aliphatic heterocycles. The van der Waals surface area contributed by atoms with Crippen LogP contribution < -0.4 is 10.3 Å². The minimum atomic E-state index is -3.79. The quantitative estimate of drug-likeness (QED) is 0.439. The maximum Gasteiger partial charge on any atom is 0.343 e. The summed E-state index contributed by atoms with van der Waals surface area (Å²) in [6.45, 7) is 12.0. The van der Waals surface area contributed by atoms with Gasteiger partial charge in [0, 0.05) is 49.8 Å². The first-order chi connectivity index (χ1) is 19.4. The van der Waals surface area contributed by atoms with Crippen molar-refractivity contribution in [3.63, 3.8) is 0 Å². The van der Waals surface area contributed by atoms with E-state index in [2.05, 4.69) is 4.98 Å². The summed E-state index contributed by atoms with van der Waals surface area (Å²) in [5.74, 6) is -1.45. The van der Waals surface area contributed by atoms with Gasteiger partial charge in [-0.3, -0.25) is 9.59 Å². The number of ether oxygens (including phenoxy) is 1. The lowest BCUT2D eigenvalue weighted by molar-refractivity contribution is -0.128. The van der Waals surface area contributed by atoms with E-state index in [0.717, 1.165) is 12.5 Å². The molecule has 2 aromatic heterocycles. The lowest BCUT2D eigenvalue weighted by atomic mass is 9.70. The fraction of sp³-hybridized carbons (Fsp3) is 0.667. The number of carbonyl (C=O) groups is 2. The summed E-state index contributed by atoms with van der Waals surface area (Å²) in [5.41, 5.74) is -2.48. The Labute approximate surface area is 246 Å². The highest BCUT2D eigenvalue weighted by Gasteiger charge is 2.65. The van der Waals surface area contributed by atoms with Crippen molar-refractivity contribution in [1.29, 1.82) is 0 Å². The molecule has 2 aromatic rings. The Hall–Kier alpha value is -2.86. The summed E-state index contributed by atoms with van der Waals surface area (Å²) in [6.07, 6.45) is 3.76. The highest BCUT2D eigenvalue weighted by molar-refractivity contribution is 7.89. The molecule has 0 spiro atoms. The molecule has 3 heterocycles. The molecule has 10 nitrogen and oxygen atoms in total. The lowest BCUT2D eigenvalue weighted by Crippen LogP contribution is -2.48. The molecule has 3 aliphatic rings. The molecule has 0 aromatic carbocycles. The number of fused-ring (bicyclic) bond motifs is 3. The lowest BCUT2D eigenvalue weighted by Gasteiger charge is -2.38. The van der Waals surface area contributed by atoms with Gasteiger partial charge in [-0.05, 0) is 64.4 Å². The van der Waals surface area contributed by atoms with Crippen LogP contribution in [0.4, 0.5) is 10.2 Å². The minimum Gasteiger partial charge on any atom is -0.462 e. The second-order valence-corrected chi connectivity index (χ2v) is 15.7. The number of hydrogen-bond donors (Lipinski definition) is 0. The maximum absolute atomic E-state index is 15.6. The third-order valence-electron chi connectivity index (χ3n) is 10.1. The van der Waals surface area contributed by atoms with Crippen LogP contribution in [0.15, 0.2) is 17.1 Å². The molecule has 0 unspecified atom stereocenters. The molecule has 3 atom stereocenters. The Morgan fingerprint density at radius 3 is 2.50 bits per heavy atom. The van der Waals surface area contributed by atoms with E-state index in [1.807, 2.05) is 34.6 Å². The van der Waals surface area contributed by atoms with Crippen LogP contribution >= 0.6 is 0 Å². The first kappa shape index (κ1) is 30.6. The Morgan fingerprint density at radius 2 is 1.93 bits per heavy atom. The zero-order chi connectivity index (χ0) is 31.0. The molecule has 12 heteroatoms. The number of likely N-dealkylation sites (N-methyl/N-ethyl adjacent to an activating group) is 1. The Balaban J connectivity index is 1.45. The van der Waals surface area contributed by atoms with Crippen molar-refractivity contribution in [2.75, 3.05) is 37.4 Å². The first-order valence-electron chi connectivity index (χ1n) is 14.6.